The fourth-order valence-corrected chi connectivity index (χ4v) is 1.14. The van der Waals surface area contributed by atoms with E-state index < -0.39 is 5.82 Å². The van der Waals surface area contributed by atoms with E-state index in [4.69, 9.17) is 5.26 Å². The molecule has 68 valence electrons. The molecule has 0 aliphatic heterocycles. The second-order valence-corrected chi connectivity index (χ2v) is 2.64. The van der Waals surface area contributed by atoms with E-state index in [9.17, 15) is 4.39 Å². The molecule has 1 aromatic carbocycles. The van der Waals surface area contributed by atoms with Crippen LogP contribution in [0.25, 0.3) is 5.69 Å². The summed E-state index contributed by atoms with van der Waals surface area (Å²) < 4.78 is 14.4. The summed E-state index contributed by atoms with van der Waals surface area (Å²) in [7, 11) is 0. The molecule has 0 saturated heterocycles. The lowest BCUT2D eigenvalue weighted by Crippen LogP contribution is -1.95. The molecule has 0 N–H and O–H groups in total. The zero-order valence-corrected chi connectivity index (χ0v) is 7.05. The van der Waals surface area contributed by atoms with Gasteiger partial charge in [0.05, 0.1) is 11.3 Å². The molecule has 0 saturated carbocycles. The molecule has 0 bridgehead atoms. The zero-order chi connectivity index (χ0) is 9.97. The molecule has 0 unspecified atom stereocenters. The second kappa shape index (κ2) is 3.26. The number of aromatic nitrogens is 3. The van der Waals surface area contributed by atoms with Crippen LogP contribution < -0.4 is 0 Å². The molecule has 0 spiro atoms. The third kappa shape index (κ3) is 1.33. The van der Waals surface area contributed by atoms with Crippen LogP contribution in [0.4, 0.5) is 4.39 Å². The Bertz CT molecular complexity index is 484. The highest BCUT2D eigenvalue weighted by Gasteiger charge is 2.05. The van der Waals surface area contributed by atoms with Gasteiger partial charge >= 0.3 is 0 Å². The molecule has 0 fully saturated rings. The Morgan fingerprint density at radius 3 is 2.64 bits per heavy atom. The van der Waals surface area contributed by atoms with E-state index in [-0.39, 0.29) is 0 Å². The van der Waals surface area contributed by atoms with Gasteiger partial charge < -0.3 is 0 Å². The van der Waals surface area contributed by atoms with Gasteiger partial charge in [-0.05, 0) is 18.2 Å². The third-order valence-corrected chi connectivity index (χ3v) is 1.78. The molecule has 0 atom stereocenters. The maximum absolute atomic E-state index is 12.9. The molecule has 14 heavy (non-hydrogen) atoms. The van der Waals surface area contributed by atoms with Gasteiger partial charge in [-0.3, -0.25) is 4.57 Å². The normalized spacial score (nSPS) is 9.71. The van der Waals surface area contributed by atoms with Crippen molar-refractivity contribution in [3.05, 3.63) is 42.2 Å². The first-order valence-electron chi connectivity index (χ1n) is 3.86. The molecule has 2 rings (SSSR count). The van der Waals surface area contributed by atoms with Crippen LogP contribution in [0.1, 0.15) is 5.56 Å². The van der Waals surface area contributed by atoms with Gasteiger partial charge in [0, 0.05) is 0 Å². The Hall–Kier alpha value is -2.22. The maximum Gasteiger partial charge on any atom is 0.125 e. The Kier molecular flexibility index (Phi) is 1.95. The van der Waals surface area contributed by atoms with Gasteiger partial charge in [-0.2, -0.15) is 5.26 Å². The SMILES string of the molecule is N#Cc1ccc(F)cc1-n1cnnc1. The van der Waals surface area contributed by atoms with E-state index in [0.717, 1.165) is 0 Å². The summed E-state index contributed by atoms with van der Waals surface area (Å²) in [6.07, 6.45) is 2.82. The second-order valence-electron chi connectivity index (χ2n) is 2.64. The van der Waals surface area contributed by atoms with Crippen LogP contribution in [-0.4, -0.2) is 14.8 Å². The first-order chi connectivity index (χ1) is 6.81. The molecule has 2 aromatic rings. The van der Waals surface area contributed by atoms with Crippen molar-refractivity contribution in [3.63, 3.8) is 0 Å². The molecule has 0 aliphatic carbocycles. The van der Waals surface area contributed by atoms with Crippen LogP contribution in [0.3, 0.4) is 0 Å². The van der Waals surface area contributed by atoms with Crippen molar-refractivity contribution in [2.75, 3.05) is 0 Å². The quantitative estimate of drug-likeness (QED) is 0.677. The fraction of sp³-hybridized carbons (Fsp3) is 0. The molecular formula is C9H5FN4. The Balaban J connectivity index is 2.63. The van der Waals surface area contributed by atoms with Crippen molar-refractivity contribution in [1.82, 2.24) is 14.8 Å². The highest BCUT2D eigenvalue weighted by molar-refractivity contribution is 5.48. The number of halogens is 1. The summed E-state index contributed by atoms with van der Waals surface area (Å²) >= 11 is 0. The van der Waals surface area contributed by atoms with E-state index >= 15 is 0 Å². The number of hydrogen-bond acceptors (Lipinski definition) is 3. The van der Waals surface area contributed by atoms with Crippen LogP contribution in [-0.2, 0) is 0 Å². The van der Waals surface area contributed by atoms with Gasteiger partial charge in [-0.15, -0.1) is 10.2 Å². The van der Waals surface area contributed by atoms with Crippen LogP contribution in [0.5, 0.6) is 0 Å². The summed E-state index contributed by atoms with van der Waals surface area (Å²) in [5, 5.41) is 16.0. The summed E-state index contributed by atoms with van der Waals surface area (Å²) in [5.41, 5.74) is 0.823. The third-order valence-electron chi connectivity index (χ3n) is 1.78. The van der Waals surface area contributed by atoms with Gasteiger partial charge in [0.1, 0.15) is 24.5 Å². The van der Waals surface area contributed by atoms with Crippen LogP contribution >= 0.6 is 0 Å². The van der Waals surface area contributed by atoms with E-state index in [1.165, 1.54) is 35.4 Å². The Labute approximate surface area is 79.2 Å². The van der Waals surface area contributed by atoms with Crippen LogP contribution in [0, 0.1) is 17.1 Å². The smallest absolute Gasteiger partial charge is 0.125 e. The molecule has 0 aliphatic rings. The van der Waals surface area contributed by atoms with Crippen molar-refractivity contribution < 1.29 is 4.39 Å². The average molecular weight is 188 g/mol. The summed E-state index contributed by atoms with van der Waals surface area (Å²) in [6.45, 7) is 0. The lowest BCUT2D eigenvalue weighted by molar-refractivity contribution is 0.626. The number of nitriles is 1. The van der Waals surface area contributed by atoms with Crippen LogP contribution in [0.15, 0.2) is 30.9 Å². The number of nitrogens with zero attached hydrogens (tertiary/aromatic N) is 4. The summed E-state index contributed by atoms with van der Waals surface area (Å²) in [6, 6.07) is 5.90. The molecule has 5 heteroatoms. The lowest BCUT2D eigenvalue weighted by atomic mass is 10.2. The Morgan fingerprint density at radius 2 is 2.00 bits per heavy atom. The highest BCUT2D eigenvalue weighted by Crippen LogP contribution is 2.14. The minimum atomic E-state index is -0.396. The van der Waals surface area contributed by atoms with Crippen molar-refractivity contribution in [3.8, 4) is 11.8 Å². The van der Waals surface area contributed by atoms with E-state index in [1.54, 1.807) is 0 Å². The highest BCUT2D eigenvalue weighted by atomic mass is 19.1. The monoisotopic (exact) mass is 188 g/mol. The number of hydrogen-bond donors (Lipinski definition) is 0. The predicted octanol–water partition coefficient (Wildman–Crippen LogP) is 1.28. The lowest BCUT2D eigenvalue weighted by Gasteiger charge is -2.02. The van der Waals surface area contributed by atoms with Crippen molar-refractivity contribution in [2.24, 2.45) is 0 Å². The van der Waals surface area contributed by atoms with Crippen molar-refractivity contribution in [1.29, 1.82) is 5.26 Å². The molecule has 0 radical (unpaired) electrons. The van der Waals surface area contributed by atoms with Gasteiger partial charge in [0.2, 0.25) is 0 Å². The maximum atomic E-state index is 12.9. The first-order valence-corrected chi connectivity index (χ1v) is 3.86. The van der Waals surface area contributed by atoms with E-state index in [1.807, 2.05) is 6.07 Å². The average Bonchev–Trinajstić information content (AvgIpc) is 2.70. The van der Waals surface area contributed by atoms with Gasteiger partial charge in [-0.25, -0.2) is 4.39 Å². The molecular weight excluding hydrogens is 183 g/mol. The molecule has 0 amide bonds. The molecule has 4 nitrogen and oxygen atoms in total. The topological polar surface area (TPSA) is 54.5 Å². The predicted molar refractivity (Wildman–Crippen MR) is 46.0 cm³/mol. The van der Waals surface area contributed by atoms with Crippen LogP contribution in [0.2, 0.25) is 0 Å². The van der Waals surface area contributed by atoms with Crippen molar-refractivity contribution >= 4 is 0 Å². The molecule has 1 heterocycles. The Morgan fingerprint density at radius 1 is 1.29 bits per heavy atom. The standard InChI is InChI=1S/C9H5FN4/c10-8-2-1-7(4-11)9(3-8)14-5-12-13-6-14/h1-3,5-6H. The van der Waals surface area contributed by atoms with Gasteiger partial charge in [-0.1, -0.05) is 0 Å². The van der Waals surface area contributed by atoms with Gasteiger partial charge in [0.15, 0.2) is 0 Å². The number of rotatable bonds is 1. The van der Waals surface area contributed by atoms with E-state index in [0.29, 0.717) is 11.3 Å². The first kappa shape index (κ1) is 8.38. The zero-order valence-electron chi connectivity index (χ0n) is 7.05. The minimum absolute atomic E-state index is 0.381. The van der Waals surface area contributed by atoms with E-state index in [2.05, 4.69) is 10.2 Å². The molecule has 1 aromatic heterocycles. The minimum Gasteiger partial charge on any atom is -0.287 e. The van der Waals surface area contributed by atoms with Gasteiger partial charge in [0.25, 0.3) is 0 Å². The fourth-order valence-electron chi connectivity index (χ4n) is 1.14. The largest absolute Gasteiger partial charge is 0.287 e. The summed E-state index contributed by atoms with van der Waals surface area (Å²) in [5.74, 6) is -0.396. The number of benzene rings is 1. The summed E-state index contributed by atoms with van der Waals surface area (Å²) in [4.78, 5) is 0. The van der Waals surface area contributed by atoms with Crippen molar-refractivity contribution in [2.45, 2.75) is 0 Å².